The van der Waals surface area contributed by atoms with Crippen molar-refractivity contribution < 1.29 is 18.0 Å². The predicted molar refractivity (Wildman–Crippen MR) is 68.9 cm³/mol. The van der Waals surface area contributed by atoms with Gasteiger partial charge in [0.2, 0.25) is 0 Å². The fourth-order valence-corrected chi connectivity index (χ4v) is 2.14. The SMILES string of the molecule is Nc1nc(CCNC(=O)c2ccc(F)c(F)c2F)cs1. The monoisotopic (exact) mass is 301 g/mol. The molecule has 1 heterocycles. The molecule has 4 nitrogen and oxygen atoms in total. The number of nitrogen functional groups attached to an aromatic ring is 1. The summed E-state index contributed by atoms with van der Waals surface area (Å²) >= 11 is 1.27. The molecule has 0 saturated heterocycles. The first-order valence-electron chi connectivity index (χ1n) is 5.60. The highest BCUT2D eigenvalue weighted by Crippen LogP contribution is 2.15. The maximum Gasteiger partial charge on any atom is 0.254 e. The molecule has 1 aromatic carbocycles. The summed E-state index contributed by atoms with van der Waals surface area (Å²) in [7, 11) is 0. The van der Waals surface area contributed by atoms with Gasteiger partial charge in [0, 0.05) is 18.3 Å². The van der Waals surface area contributed by atoms with E-state index in [1.54, 1.807) is 5.38 Å². The van der Waals surface area contributed by atoms with Crippen LogP contribution in [-0.4, -0.2) is 17.4 Å². The number of anilines is 1. The van der Waals surface area contributed by atoms with Gasteiger partial charge in [-0.25, -0.2) is 18.2 Å². The summed E-state index contributed by atoms with van der Waals surface area (Å²) in [4.78, 5) is 15.6. The van der Waals surface area contributed by atoms with Crippen LogP contribution in [0, 0.1) is 17.5 Å². The molecule has 106 valence electrons. The third kappa shape index (κ3) is 3.08. The van der Waals surface area contributed by atoms with Gasteiger partial charge in [0.1, 0.15) is 0 Å². The van der Waals surface area contributed by atoms with E-state index in [2.05, 4.69) is 10.3 Å². The number of aromatic nitrogens is 1. The van der Waals surface area contributed by atoms with Crippen molar-refractivity contribution in [3.63, 3.8) is 0 Å². The van der Waals surface area contributed by atoms with Crippen LogP contribution in [0.1, 0.15) is 16.1 Å². The number of rotatable bonds is 4. The van der Waals surface area contributed by atoms with E-state index in [0.29, 0.717) is 23.3 Å². The first-order chi connectivity index (χ1) is 9.49. The molecule has 1 amide bonds. The smallest absolute Gasteiger partial charge is 0.254 e. The van der Waals surface area contributed by atoms with Gasteiger partial charge in [-0.15, -0.1) is 11.3 Å². The van der Waals surface area contributed by atoms with Crippen LogP contribution >= 0.6 is 11.3 Å². The molecule has 0 aliphatic carbocycles. The van der Waals surface area contributed by atoms with Crippen molar-refractivity contribution in [2.24, 2.45) is 0 Å². The number of hydrogen-bond donors (Lipinski definition) is 2. The molecule has 8 heteroatoms. The molecular weight excluding hydrogens is 291 g/mol. The van der Waals surface area contributed by atoms with E-state index in [1.165, 1.54) is 11.3 Å². The second-order valence-corrected chi connectivity index (χ2v) is 4.80. The van der Waals surface area contributed by atoms with E-state index in [9.17, 15) is 18.0 Å². The molecule has 0 aliphatic heterocycles. The lowest BCUT2D eigenvalue weighted by molar-refractivity contribution is 0.0949. The maximum absolute atomic E-state index is 13.4. The van der Waals surface area contributed by atoms with Gasteiger partial charge < -0.3 is 11.1 Å². The highest BCUT2D eigenvalue weighted by Gasteiger charge is 2.18. The summed E-state index contributed by atoms with van der Waals surface area (Å²) in [5.41, 5.74) is 5.60. The lowest BCUT2D eigenvalue weighted by atomic mass is 10.2. The van der Waals surface area contributed by atoms with E-state index in [0.717, 1.165) is 6.07 Å². The minimum absolute atomic E-state index is 0.181. The molecule has 0 fully saturated rings. The lowest BCUT2D eigenvalue weighted by Gasteiger charge is -2.06. The number of hydrogen-bond acceptors (Lipinski definition) is 4. The molecule has 0 aliphatic rings. The van der Waals surface area contributed by atoms with Crippen LogP contribution in [-0.2, 0) is 6.42 Å². The summed E-state index contributed by atoms with van der Waals surface area (Å²) < 4.78 is 39.1. The average molecular weight is 301 g/mol. The van der Waals surface area contributed by atoms with Gasteiger partial charge in [0.05, 0.1) is 11.3 Å². The molecule has 0 radical (unpaired) electrons. The minimum Gasteiger partial charge on any atom is -0.375 e. The molecule has 0 atom stereocenters. The highest BCUT2D eigenvalue weighted by molar-refractivity contribution is 7.13. The Morgan fingerprint density at radius 2 is 2.05 bits per heavy atom. The van der Waals surface area contributed by atoms with Gasteiger partial charge in [-0.1, -0.05) is 0 Å². The Morgan fingerprint density at radius 1 is 1.30 bits per heavy atom. The largest absolute Gasteiger partial charge is 0.375 e. The van der Waals surface area contributed by atoms with Crippen LogP contribution in [0.15, 0.2) is 17.5 Å². The number of nitrogens with two attached hydrogens (primary N) is 1. The Kier molecular flexibility index (Phi) is 4.23. The van der Waals surface area contributed by atoms with Crippen LogP contribution < -0.4 is 11.1 Å². The Balaban J connectivity index is 1.97. The lowest BCUT2D eigenvalue weighted by Crippen LogP contribution is -2.27. The quantitative estimate of drug-likeness (QED) is 0.850. The molecule has 1 aromatic heterocycles. The van der Waals surface area contributed by atoms with Crippen molar-refractivity contribution in [1.82, 2.24) is 10.3 Å². The van der Waals surface area contributed by atoms with Crippen molar-refractivity contribution in [1.29, 1.82) is 0 Å². The summed E-state index contributed by atoms with van der Waals surface area (Å²) in [5, 5.41) is 4.55. The molecule has 0 saturated carbocycles. The summed E-state index contributed by atoms with van der Waals surface area (Å²) in [6.45, 7) is 0.181. The van der Waals surface area contributed by atoms with E-state index < -0.39 is 28.9 Å². The fourth-order valence-electron chi connectivity index (χ4n) is 1.54. The van der Waals surface area contributed by atoms with Gasteiger partial charge in [0.15, 0.2) is 22.6 Å². The van der Waals surface area contributed by atoms with Crippen LogP contribution in [0.5, 0.6) is 0 Å². The van der Waals surface area contributed by atoms with Crippen LogP contribution in [0.25, 0.3) is 0 Å². The second kappa shape index (κ2) is 5.91. The third-order valence-corrected chi connectivity index (χ3v) is 3.24. The van der Waals surface area contributed by atoms with Crippen molar-refractivity contribution in [3.05, 3.63) is 46.2 Å². The number of nitrogens with zero attached hydrogens (tertiary/aromatic N) is 1. The van der Waals surface area contributed by atoms with Crippen molar-refractivity contribution in [3.8, 4) is 0 Å². The topological polar surface area (TPSA) is 68.0 Å². The zero-order valence-corrected chi connectivity index (χ0v) is 10.9. The van der Waals surface area contributed by atoms with Gasteiger partial charge >= 0.3 is 0 Å². The number of thiazole rings is 1. The van der Waals surface area contributed by atoms with E-state index >= 15 is 0 Å². The Labute approximate surface area is 116 Å². The van der Waals surface area contributed by atoms with Crippen molar-refractivity contribution in [2.45, 2.75) is 6.42 Å². The normalized spacial score (nSPS) is 10.6. The van der Waals surface area contributed by atoms with Gasteiger partial charge in [-0.2, -0.15) is 0 Å². The number of halogens is 3. The number of carbonyl (C=O) groups is 1. The summed E-state index contributed by atoms with van der Waals surface area (Å²) in [6, 6.07) is 1.60. The zero-order chi connectivity index (χ0) is 14.7. The van der Waals surface area contributed by atoms with E-state index in [4.69, 9.17) is 5.73 Å². The predicted octanol–water partition coefficient (Wildman–Crippen LogP) is 2.12. The molecule has 2 aromatic rings. The van der Waals surface area contributed by atoms with Gasteiger partial charge in [-0.05, 0) is 12.1 Å². The maximum atomic E-state index is 13.4. The number of amides is 1. The average Bonchev–Trinajstić information content (AvgIpc) is 2.82. The van der Waals surface area contributed by atoms with Crippen LogP contribution in [0.4, 0.5) is 18.3 Å². The molecule has 20 heavy (non-hydrogen) atoms. The molecule has 0 bridgehead atoms. The Bertz CT molecular complexity index is 645. The molecular formula is C12H10F3N3OS. The van der Waals surface area contributed by atoms with Gasteiger partial charge in [-0.3, -0.25) is 4.79 Å². The number of nitrogens with one attached hydrogen (secondary N) is 1. The first-order valence-corrected chi connectivity index (χ1v) is 6.48. The Morgan fingerprint density at radius 3 is 2.70 bits per heavy atom. The second-order valence-electron chi connectivity index (χ2n) is 3.91. The standard InChI is InChI=1S/C12H10F3N3OS/c13-8-2-1-7(9(14)10(8)15)11(19)17-4-3-6-5-20-12(16)18-6/h1-2,5H,3-4H2,(H2,16,18)(H,17,19). The highest BCUT2D eigenvalue weighted by atomic mass is 32.1. The fraction of sp³-hybridized carbons (Fsp3) is 0.167. The van der Waals surface area contributed by atoms with E-state index in [-0.39, 0.29) is 6.54 Å². The van der Waals surface area contributed by atoms with E-state index in [1.807, 2.05) is 0 Å². The third-order valence-electron chi connectivity index (χ3n) is 2.52. The molecule has 2 rings (SSSR count). The molecule has 0 unspecified atom stereocenters. The van der Waals surface area contributed by atoms with Crippen molar-refractivity contribution in [2.75, 3.05) is 12.3 Å². The van der Waals surface area contributed by atoms with Crippen molar-refractivity contribution >= 4 is 22.4 Å². The Hall–Kier alpha value is -2.09. The molecule has 3 N–H and O–H groups in total. The summed E-state index contributed by atoms with van der Waals surface area (Å²) in [5.74, 6) is -5.31. The van der Waals surface area contributed by atoms with Crippen LogP contribution in [0.3, 0.4) is 0 Å². The van der Waals surface area contributed by atoms with Crippen LogP contribution in [0.2, 0.25) is 0 Å². The zero-order valence-electron chi connectivity index (χ0n) is 10.1. The number of carbonyl (C=O) groups excluding carboxylic acids is 1. The first kappa shape index (κ1) is 14.3. The minimum atomic E-state index is -1.66. The van der Waals surface area contributed by atoms with Gasteiger partial charge in [0.25, 0.3) is 5.91 Å². The summed E-state index contributed by atoms with van der Waals surface area (Å²) in [6.07, 6.45) is 0.407. The number of benzene rings is 1. The molecule has 0 spiro atoms.